The van der Waals surface area contributed by atoms with Crippen LogP contribution in [0.25, 0.3) is 0 Å². The lowest BCUT2D eigenvalue weighted by atomic mass is 10.2. The van der Waals surface area contributed by atoms with Crippen LogP contribution in [-0.2, 0) is 11.3 Å². The molecule has 3 nitrogen and oxygen atoms in total. The highest BCUT2D eigenvalue weighted by atomic mass is 16.5. The van der Waals surface area contributed by atoms with Gasteiger partial charge in [-0.05, 0) is 38.3 Å². The molecule has 1 aliphatic heterocycles. The smallest absolute Gasteiger partial charge is 0.0594 e. The topological polar surface area (TPSA) is 17.4 Å². The van der Waals surface area contributed by atoms with Gasteiger partial charge in [-0.1, -0.05) is 0 Å². The second-order valence-electron chi connectivity index (χ2n) is 5.02. The van der Waals surface area contributed by atoms with Crippen LogP contribution in [0, 0.1) is 20.8 Å². The Morgan fingerprint density at radius 1 is 1.12 bits per heavy atom. The maximum Gasteiger partial charge on any atom is 0.0594 e. The summed E-state index contributed by atoms with van der Waals surface area (Å²) in [5.74, 6) is 0. The Labute approximate surface area is 104 Å². The van der Waals surface area contributed by atoms with Crippen LogP contribution in [0.3, 0.4) is 0 Å². The first-order valence-corrected chi connectivity index (χ1v) is 6.61. The molecule has 0 radical (unpaired) electrons. The summed E-state index contributed by atoms with van der Waals surface area (Å²) in [6.07, 6.45) is 3.51. The summed E-state index contributed by atoms with van der Waals surface area (Å²) in [7, 11) is 0. The summed E-state index contributed by atoms with van der Waals surface area (Å²) < 4.78 is 7.75. The summed E-state index contributed by atoms with van der Waals surface area (Å²) in [6.45, 7) is 13.0. The van der Waals surface area contributed by atoms with Gasteiger partial charge < -0.3 is 9.30 Å². The molecular weight excluding hydrogens is 212 g/mol. The predicted octanol–water partition coefficient (Wildman–Crippen LogP) is 2.14. The number of rotatable bonds is 4. The van der Waals surface area contributed by atoms with Gasteiger partial charge in [0.1, 0.15) is 0 Å². The summed E-state index contributed by atoms with van der Waals surface area (Å²) >= 11 is 0. The molecule has 0 saturated carbocycles. The molecule has 1 saturated heterocycles. The lowest BCUT2D eigenvalue weighted by Crippen LogP contribution is -2.37. The third kappa shape index (κ3) is 3.11. The van der Waals surface area contributed by atoms with Crippen molar-refractivity contribution < 1.29 is 4.74 Å². The van der Waals surface area contributed by atoms with Crippen LogP contribution in [0.15, 0.2) is 6.20 Å². The molecule has 0 unspecified atom stereocenters. The van der Waals surface area contributed by atoms with Crippen LogP contribution < -0.4 is 0 Å². The standard InChI is InChI=1S/C14H24N2O/c1-12-11-16(14(3)13(12)2)6-4-5-15-7-9-17-10-8-15/h11H,4-10H2,1-3H3. The fraction of sp³-hybridized carbons (Fsp3) is 0.714. The highest BCUT2D eigenvalue weighted by molar-refractivity contribution is 5.28. The second-order valence-corrected chi connectivity index (χ2v) is 5.02. The molecule has 1 aromatic rings. The van der Waals surface area contributed by atoms with E-state index in [0.29, 0.717) is 0 Å². The van der Waals surface area contributed by atoms with E-state index in [2.05, 4.69) is 36.4 Å². The first-order valence-electron chi connectivity index (χ1n) is 6.61. The zero-order valence-electron chi connectivity index (χ0n) is 11.3. The molecule has 0 atom stereocenters. The van der Waals surface area contributed by atoms with Crippen molar-refractivity contribution >= 4 is 0 Å². The molecule has 2 rings (SSSR count). The first kappa shape index (κ1) is 12.7. The second kappa shape index (κ2) is 5.69. The molecule has 0 N–H and O–H groups in total. The van der Waals surface area contributed by atoms with Crippen molar-refractivity contribution in [2.75, 3.05) is 32.8 Å². The Hall–Kier alpha value is -0.800. The van der Waals surface area contributed by atoms with Gasteiger partial charge in [0, 0.05) is 38.1 Å². The van der Waals surface area contributed by atoms with Crippen molar-refractivity contribution in [2.45, 2.75) is 33.7 Å². The minimum atomic E-state index is 0.904. The molecule has 96 valence electrons. The Bertz CT molecular complexity index is 365. The molecule has 17 heavy (non-hydrogen) atoms. The van der Waals surface area contributed by atoms with Crippen LogP contribution in [0.2, 0.25) is 0 Å². The number of aromatic nitrogens is 1. The number of morpholine rings is 1. The number of hydrogen-bond donors (Lipinski definition) is 0. The van der Waals surface area contributed by atoms with E-state index >= 15 is 0 Å². The van der Waals surface area contributed by atoms with Crippen molar-refractivity contribution in [1.29, 1.82) is 0 Å². The third-order valence-corrected chi connectivity index (χ3v) is 3.89. The molecule has 0 amide bonds. The minimum absolute atomic E-state index is 0.904. The van der Waals surface area contributed by atoms with Gasteiger partial charge in [-0.25, -0.2) is 0 Å². The van der Waals surface area contributed by atoms with Gasteiger partial charge in [0.2, 0.25) is 0 Å². The maximum absolute atomic E-state index is 5.36. The SMILES string of the molecule is Cc1cn(CCCN2CCOCC2)c(C)c1C. The Kier molecular flexibility index (Phi) is 4.24. The van der Waals surface area contributed by atoms with Gasteiger partial charge in [-0.3, -0.25) is 4.90 Å². The molecule has 0 aliphatic carbocycles. The van der Waals surface area contributed by atoms with Crippen molar-refractivity contribution in [2.24, 2.45) is 0 Å². The average Bonchev–Trinajstić information content (AvgIpc) is 2.59. The van der Waals surface area contributed by atoms with Gasteiger partial charge in [0.05, 0.1) is 13.2 Å². The van der Waals surface area contributed by atoms with Gasteiger partial charge in [-0.2, -0.15) is 0 Å². The molecular formula is C14H24N2O. The average molecular weight is 236 g/mol. The van der Waals surface area contributed by atoms with Crippen LogP contribution in [0.5, 0.6) is 0 Å². The lowest BCUT2D eigenvalue weighted by molar-refractivity contribution is 0.0369. The number of nitrogens with zero attached hydrogens (tertiary/aromatic N) is 2. The molecule has 1 fully saturated rings. The van der Waals surface area contributed by atoms with Gasteiger partial charge in [0.25, 0.3) is 0 Å². The summed E-state index contributed by atoms with van der Waals surface area (Å²) in [4.78, 5) is 2.50. The van der Waals surface area contributed by atoms with Crippen molar-refractivity contribution in [1.82, 2.24) is 9.47 Å². The van der Waals surface area contributed by atoms with E-state index in [1.54, 1.807) is 0 Å². The highest BCUT2D eigenvalue weighted by Crippen LogP contribution is 2.15. The number of hydrogen-bond acceptors (Lipinski definition) is 2. The molecule has 0 aromatic carbocycles. The van der Waals surface area contributed by atoms with E-state index in [4.69, 9.17) is 4.74 Å². The van der Waals surface area contributed by atoms with Crippen LogP contribution in [-0.4, -0.2) is 42.3 Å². The van der Waals surface area contributed by atoms with Gasteiger partial charge >= 0.3 is 0 Å². The quantitative estimate of drug-likeness (QED) is 0.797. The van der Waals surface area contributed by atoms with Gasteiger partial charge in [0.15, 0.2) is 0 Å². The molecule has 1 aromatic heterocycles. The molecule has 2 heterocycles. The van der Waals surface area contributed by atoms with Crippen molar-refractivity contribution in [3.05, 3.63) is 23.0 Å². The fourth-order valence-corrected chi connectivity index (χ4v) is 2.45. The van der Waals surface area contributed by atoms with Crippen LogP contribution in [0.4, 0.5) is 0 Å². The predicted molar refractivity (Wildman–Crippen MR) is 70.5 cm³/mol. The van der Waals surface area contributed by atoms with E-state index in [1.807, 2.05) is 0 Å². The Morgan fingerprint density at radius 2 is 1.82 bits per heavy atom. The maximum atomic E-state index is 5.36. The van der Waals surface area contributed by atoms with E-state index in [9.17, 15) is 0 Å². The summed E-state index contributed by atoms with van der Waals surface area (Å²) in [6, 6.07) is 0. The van der Waals surface area contributed by atoms with Crippen molar-refractivity contribution in [3.63, 3.8) is 0 Å². The summed E-state index contributed by atoms with van der Waals surface area (Å²) in [5.41, 5.74) is 4.27. The lowest BCUT2D eigenvalue weighted by Gasteiger charge is -2.26. The van der Waals surface area contributed by atoms with Crippen molar-refractivity contribution in [3.8, 4) is 0 Å². The minimum Gasteiger partial charge on any atom is -0.379 e. The first-order chi connectivity index (χ1) is 8.18. The zero-order valence-corrected chi connectivity index (χ0v) is 11.3. The van der Waals surface area contributed by atoms with E-state index in [-0.39, 0.29) is 0 Å². The largest absolute Gasteiger partial charge is 0.379 e. The number of aryl methyl sites for hydroxylation is 2. The zero-order chi connectivity index (χ0) is 12.3. The van der Waals surface area contributed by atoms with E-state index in [1.165, 1.54) is 29.8 Å². The normalized spacial score (nSPS) is 17.6. The molecule has 0 spiro atoms. The molecule has 3 heteroatoms. The Morgan fingerprint density at radius 3 is 2.41 bits per heavy atom. The van der Waals surface area contributed by atoms with Crippen LogP contribution in [0.1, 0.15) is 23.2 Å². The number of ether oxygens (including phenoxy) is 1. The highest BCUT2D eigenvalue weighted by Gasteiger charge is 2.10. The fourth-order valence-electron chi connectivity index (χ4n) is 2.45. The molecule has 1 aliphatic rings. The van der Waals surface area contributed by atoms with Crippen LogP contribution >= 0.6 is 0 Å². The van der Waals surface area contributed by atoms with E-state index in [0.717, 1.165) is 32.8 Å². The summed E-state index contributed by atoms with van der Waals surface area (Å²) in [5, 5.41) is 0. The monoisotopic (exact) mass is 236 g/mol. The van der Waals surface area contributed by atoms with E-state index < -0.39 is 0 Å². The van der Waals surface area contributed by atoms with Gasteiger partial charge in [-0.15, -0.1) is 0 Å². The Balaban J connectivity index is 1.79. The molecule has 0 bridgehead atoms. The third-order valence-electron chi connectivity index (χ3n) is 3.89.